The topological polar surface area (TPSA) is 17.8 Å². The molecule has 0 radical (unpaired) electrons. The van der Waals surface area contributed by atoms with Crippen molar-refractivity contribution in [2.24, 2.45) is 0 Å². The summed E-state index contributed by atoms with van der Waals surface area (Å²) in [6, 6.07) is 0.454. The number of hydrogen-bond acceptors (Lipinski definition) is 1. The van der Waals surface area contributed by atoms with E-state index in [4.69, 9.17) is 0 Å². The van der Waals surface area contributed by atoms with Crippen LogP contribution in [0.25, 0.3) is 0 Å². The fraction of sp³-hybridized carbons (Fsp3) is 0.625. The highest BCUT2D eigenvalue weighted by atomic mass is 79.9. The lowest BCUT2D eigenvalue weighted by Crippen LogP contribution is -1.99. The molecule has 0 saturated heterocycles. The van der Waals surface area contributed by atoms with Gasteiger partial charge in [0, 0.05) is 22.6 Å². The molecule has 1 heterocycles. The molecule has 0 aliphatic rings. The summed E-state index contributed by atoms with van der Waals surface area (Å²) in [6.07, 6.45) is 3.98. The third kappa shape index (κ3) is 2.06. The van der Waals surface area contributed by atoms with Gasteiger partial charge in [-0.3, -0.25) is 4.68 Å². The average molecular weight is 217 g/mol. The second kappa shape index (κ2) is 3.39. The van der Waals surface area contributed by atoms with Gasteiger partial charge in [-0.05, 0) is 20.8 Å². The number of hydrogen-bond donors (Lipinski definition) is 0. The normalized spacial score (nSPS) is 13.9. The van der Waals surface area contributed by atoms with E-state index in [9.17, 15) is 0 Å². The molecule has 0 aliphatic heterocycles. The van der Waals surface area contributed by atoms with Crippen molar-refractivity contribution >= 4 is 15.9 Å². The van der Waals surface area contributed by atoms with Gasteiger partial charge in [0.05, 0.1) is 6.20 Å². The van der Waals surface area contributed by atoms with Crippen molar-refractivity contribution in [2.75, 3.05) is 0 Å². The molecule has 0 aromatic carbocycles. The zero-order chi connectivity index (χ0) is 8.43. The summed E-state index contributed by atoms with van der Waals surface area (Å²) in [4.78, 5) is 0.398. The van der Waals surface area contributed by atoms with Crippen molar-refractivity contribution in [2.45, 2.75) is 31.6 Å². The van der Waals surface area contributed by atoms with Gasteiger partial charge in [0.1, 0.15) is 0 Å². The SMILES string of the molecule is CC(Br)c1cnn(C(C)C)c1. The molecule has 1 aromatic rings. The Morgan fingerprint density at radius 2 is 2.09 bits per heavy atom. The van der Waals surface area contributed by atoms with Gasteiger partial charge in [0.25, 0.3) is 0 Å². The van der Waals surface area contributed by atoms with Crippen LogP contribution in [0.3, 0.4) is 0 Å². The van der Waals surface area contributed by atoms with Gasteiger partial charge in [-0.2, -0.15) is 5.10 Å². The monoisotopic (exact) mass is 216 g/mol. The molecule has 0 saturated carbocycles. The molecule has 11 heavy (non-hydrogen) atoms. The van der Waals surface area contributed by atoms with Crippen LogP contribution in [-0.4, -0.2) is 9.78 Å². The Labute approximate surface area is 75.7 Å². The molecular formula is C8H13BrN2. The zero-order valence-electron chi connectivity index (χ0n) is 7.08. The molecular weight excluding hydrogens is 204 g/mol. The first-order valence-electron chi connectivity index (χ1n) is 3.79. The Kier molecular flexibility index (Phi) is 2.71. The number of halogens is 1. The van der Waals surface area contributed by atoms with E-state index in [1.54, 1.807) is 0 Å². The fourth-order valence-corrected chi connectivity index (χ4v) is 1.08. The van der Waals surface area contributed by atoms with Crippen LogP contribution in [0.2, 0.25) is 0 Å². The first kappa shape index (κ1) is 8.78. The number of nitrogens with zero attached hydrogens (tertiary/aromatic N) is 2. The number of rotatable bonds is 2. The largest absolute Gasteiger partial charge is 0.270 e. The van der Waals surface area contributed by atoms with Crippen molar-refractivity contribution in [3.05, 3.63) is 18.0 Å². The Morgan fingerprint density at radius 1 is 1.45 bits per heavy atom. The van der Waals surface area contributed by atoms with Crippen LogP contribution in [0.5, 0.6) is 0 Å². The summed E-state index contributed by atoms with van der Waals surface area (Å²) in [7, 11) is 0. The minimum absolute atomic E-state index is 0.398. The molecule has 1 rings (SSSR count). The number of aromatic nitrogens is 2. The Balaban J connectivity index is 2.82. The second-order valence-electron chi connectivity index (χ2n) is 2.96. The van der Waals surface area contributed by atoms with Gasteiger partial charge in [0.15, 0.2) is 0 Å². The standard InChI is InChI=1S/C8H13BrN2/c1-6(2)11-5-8(4-10-11)7(3)9/h4-7H,1-3H3. The molecule has 0 spiro atoms. The minimum Gasteiger partial charge on any atom is -0.270 e. The Morgan fingerprint density at radius 3 is 2.36 bits per heavy atom. The highest BCUT2D eigenvalue weighted by Gasteiger charge is 2.04. The van der Waals surface area contributed by atoms with Crippen LogP contribution in [0, 0.1) is 0 Å². The maximum absolute atomic E-state index is 4.22. The van der Waals surface area contributed by atoms with E-state index in [0.717, 1.165) is 0 Å². The summed E-state index contributed by atoms with van der Waals surface area (Å²) in [5.74, 6) is 0. The first-order chi connectivity index (χ1) is 5.11. The van der Waals surface area contributed by atoms with E-state index in [1.807, 2.05) is 10.9 Å². The molecule has 0 N–H and O–H groups in total. The van der Waals surface area contributed by atoms with E-state index in [2.05, 4.69) is 48.0 Å². The Hall–Kier alpha value is -0.310. The van der Waals surface area contributed by atoms with Crippen molar-refractivity contribution in [3.8, 4) is 0 Å². The molecule has 3 heteroatoms. The number of alkyl halides is 1. The van der Waals surface area contributed by atoms with Crippen LogP contribution in [0.15, 0.2) is 12.4 Å². The van der Waals surface area contributed by atoms with Gasteiger partial charge in [0.2, 0.25) is 0 Å². The molecule has 2 nitrogen and oxygen atoms in total. The molecule has 0 fully saturated rings. The van der Waals surface area contributed by atoms with Crippen LogP contribution in [0.4, 0.5) is 0 Å². The third-order valence-corrected chi connectivity index (χ3v) is 2.14. The Bertz CT molecular complexity index is 205. The van der Waals surface area contributed by atoms with E-state index in [-0.39, 0.29) is 0 Å². The van der Waals surface area contributed by atoms with Crippen molar-refractivity contribution in [3.63, 3.8) is 0 Å². The highest BCUT2D eigenvalue weighted by molar-refractivity contribution is 9.09. The molecule has 0 amide bonds. The molecule has 0 bridgehead atoms. The van der Waals surface area contributed by atoms with Crippen LogP contribution in [-0.2, 0) is 0 Å². The van der Waals surface area contributed by atoms with Crippen molar-refractivity contribution in [1.82, 2.24) is 9.78 Å². The van der Waals surface area contributed by atoms with Crippen LogP contribution in [0.1, 0.15) is 37.2 Å². The van der Waals surface area contributed by atoms with Crippen molar-refractivity contribution in [1.29, 1.82) is 0 Å². The summed E-state index contributed by atoms with van der Waals surface area (Å²) in [6.45, 7) is 6.34. The molecule has 1 unspecified atom stereocenters. The molecule has 1 aromatic heterocycles. The van der Waals surface area contributed by atoms with E-state index in [1.165, 1.54) is 5.56 Å². The van der Waals surface area contributed by atoms with Crippen LogP contribution >= 0.6 is 15.9 Å². The zero-order valence-corrected chi connectivity index (χ0v) is 8.67. The van der Waals surface area contributed by atoms with Crippen LogP contribution < -0.4 is 0 Å². The highest BCUT2D eigenvalue weighted by Crippen LogP contribution is 2.21. The lowest BCUT2D eigenvalue weighted by Gasteiger charge is -2.03. The van der Waals surface area contributed by atoms with E-state index >= 15 is 0 Å². The summed E-state index contributed by atoms with van der Waals surface area (Å²) >= 11 is 3.49. The van der Waals surface area contributed by atoms with Gasteiger partial charge >= 0.3 is 0 Å². The smallest absolute Gasteiger partial charge is 0.0533 e. The van der Waals surface area contributed by atoms with Gasteiger partial charge < -0.3 is 0 Å². The molecule has 62 valence electrons. The van der Waals surface area contributed by atoms with Gasteiger partial charge in [-0.15, -0.1) is 0 Å². The minimum atomic E-state index is 0.398. The maximum Gasteiger partial charge on any atom is 0.0533 e. The summed E-state index contributed by atoms with van der Waals surface area (Å²) < 4.78 is 1.97. The summed E-state index contributed by atoms with van der Waals surface area (Å²) in [5, 5.41) is 4.22. The van der Waals surface area contributed by atoms with Gasteiger partial charge in [-0.25, -0.2) is 0 Å². The predicted octanol–water partition coefficient (Wildman–Crippen LogP) is 2.92. The quantitative estimate of drug-likeness (QED) is 0.696. The van der Waals surface area contributed by atoms with Gasteiger partial charge in [-0.1, -0.05) is 15.9 Å². The van der Waals surface area contributed by atoms with E-state index < -0.39 is 0 Å². The second-order valence-corrected chi connectivity index (χ2v) is 4.34. The van der Waals surface area contributed by atoms with Crippen molar-refractivity contribution < 1.29 is 0 Å². The molecule has 0 aliphatic carbocycles. The maximum atomic E-state index is 4.22. The average Bonchev–Trinajstić information content (AvgIpc) is 2.33. The predicted molar refractivity (Wildman–Crippen MR) is 50.0 cm³/mol. The third-order valence-electron chi connectivity index (χ3n) is 1.61. The van der Waals surface area contributed by atoms with E-state index in [0.29, 0.717) is 10.9 Å². The lowest BCUT2D eigenvalue weighted by molar-refractivity contribution is 0.532. The lowest BCUT2D eigenvalue weighted by atomic mass is 10.3. The summed E-state index contributed by atoms with van der Waals surface area (Å²) in [5.41, 5.74) is 1.23. The fourth-order valence-electron chi connectivity index (χ4n) is 0.841. The first-order valence-corrected chi connectivity index (χ1v) is 4.71. The molecule has 1 atom stereocenters.